The highest BCUT2D eigenvalue weighted by atomic mass is 32.2. The molecule has 0 amide bonds. The van der Waals surface area contributed by atoms with Gasteiger partial charge in [-0.1, -0.05) is 0 Å². The Labute approximate surface area is 56.8 Å². The van der Waals surface area contributed by atoms with Crippen molar-refractivity contribution in [1.82, 2.24) is 5.32 Å². The molecule has 0 aromatic carbocycles. The standard InChI is InChI=1S/C5H11NO2S/c7-5(8)9-3-1-6-2-4-9/h6,9H,1-4H2,(H,7,8). The molecule has 1 fully saturated rings. The molecule has 1 saturated heterocycles. The number of hydrogen-bond acceptors (Lipinski definition) is 2. The van der Waals surface area contributed by atoms with Crippen molar-refractivity contribution in [3.05, 3.63) is 0 Å². The lowest BCUT2D eigenvalue weighted by Crippen LogP contribution is -2.30. The van der Waals surface area contributed by atoms with Gasteiger partial charge in [0.2, 0.25) is 0 Å². The maximum absolute atomic E-state index is 10.4. The molecule has 3 nitrogen and oxygen atoms in total. The summed E-state index contributed by atoms with van der Waals surface area (Å²) >= 11 is 0. The molecular weight excluding hydrogens is 138 g/mol. The van der Waals surface area contributed by atoms with Gasteiger partial charge in [0.05, 0.1) is 0 Å². The molecular formula is C5H11NO2S. The van der Waals surface area contributed by atoms with Crippen LogP contribution in [0.5, 0.6) is 0 Å². The fourth-order valence-electron chi connectivity index (χ4n) is 0.856. The van der Waals surface area contributed by atoms with Gasteiger partial charge in [-0.05, 0) is 11.5 Å². The first-order chi connectivity index (χ1) is 4.30. The van der Waals surface area contributed by atoms with Crippen LogP contribution in [-0.2, 0) is 0 Å². The van der Waals surface area contributed by atoms with Gasteiger partial charge in [0.1, 0.15) is 0 Å². The lowest BCUT2D eigenvalue weighted by molar-refractivity contribution is 0.221. The van der Waals surface area contributed by atoms with E-state index in [0.717, 1.165) is 24.6 Å². The third kappa shape index (κ3) is 1.87. The number of carbonyl (C=O) groups is 1. The summed E-state index contributed by atoms with van der Waals surface area (Å²) in [5.41, 5.74) is 0. The Hall–Kier alpha value is -0.220. The van der Waals surface area contributed by atoms with Crippen LogP contribution in [0.15, 0.2) is 0 Å². The van der Waals surface area contributed by atoms with Crippen LogP contribution in [0.4, 0.5) is 4.79 Å². The first-order valence-corrected chi connectivity index (χ1v) is 4.70. The third-order valence-corrected chi connectivity index (χ3v) is 3.46. The molecule has 0 radical (unpaired) electrons. The molecule has 0 unspecified atom stereocenters. The van der Waals surface area contributed by atoms with Crippen LogP contribution < -0.4 is 5.32 Å². The smallest absolute Gasteiger partial charge is 0.344 e. The van der Waals surface area contributed by atoms with Gasteiger partial charge in [-0.2, -0.15) is 10.9 Å². The van der Waals surface area contributed by atoms with Crippen molar-refractivity contribution in [3.8, 4) is 0 Å². The van der Waals surface area contributed by atoms with Gasteiger partial charge in [-0.3, -0.25) is 0 Å². The van der Waals surface area contributed by atoms with Crippen molar-refractivity contribution in [2.75, 3.05) is 24.6 Å². The minimum atomic E-state index is -0.677. The molecule has 0 atom stereocenters. The summed E-state index contributed by atoms with van der Waals surface area (Å²) in [7, 11) is -0.677. The molecule has 0 saturated carbocycles. The van der Waals surface area contributed by atoms with Crippen molar-refractivity contribution >= 4 is 16.2 Å². The van der Waals surface area contributed by atoms with E-state index in [1.807, 2.05) is 0 Å². The van der Waals surface area contributed by atoms with Gasteiger partial charge in [-0.25, -0.2) is 4.79 Å². The third-order valence-electron chi connectivity index (χ3n) is 1.39. The zero-order valence-corrected chi connectivity index (χ0v) is 6.03. The predicted molar refractivity (Wildman–Crippen MR) is 39.6 cm³/mol. The van der Waals surface area contributed by atoms with Crippen LogP contribution in [0.1, 0.15) is 0 Å². The molecule has 1 aliphatic heterocycles. The highest BCUT2D eigenvalue weighted by Crippen LogP contribution is 2.25. The monoisotopic (exact) mass is 149 g/mol. The lowest BCUT2D eigenvalue weighted by atomic mass is 10.6. The van der Waals surface area contributed by atoms with E-state index in [2.05, 4.69) is 5.32 Å². The summed E-state index contributed by atoms with van der Waals surface area (Å²) in [5.74, 6) is 1.70. The van der Waals surface area contributed by atoms with Gasteiger partial charge in [0.25, 0.3) is 0 Å². The Bertz CT molecular complexity index is 112. The van der Waals surface area contributed by atoms with Crippen LogP contribution in [0, 0.1) is 0 Å². The number of hydrogen-bond donors (Lipinski definition) is 3. The molecule has 0 spiro atoms. The Morgan fingerprint density at radius 2 is 2.00 bits per heavy atom. The molecule has 54 valence electrons. The van der Waals surface area contributed by atoms with Crippen LogP contribution in [0.3, 0.4) is 0 Å². The normalized spacial score (nSPS) is 23.8. The van der Waals surface area contributed by atoms with Crippen LogP contribution in [-0.4, -0.2) is 35.0 Å². The Kier molecular flexibility index (Phi) is 2.36. The number of rotatable bonds is 0. The summed E-state index contributed by atoms with van der Waals surface area (Å²) in [6.45, 7) is 1.77. The summed E-state index contributed by atoms with van der Waals surface area (Å²) in [6.07, 6.45) is 0. The highest BCUT2D eigenvalue weighted by molar-refractivity contribution is 8.29. The molecule has 9 heavy (non-hydrogen) atoms. The lowest BCUT2D eigenvalue weighted by Gasteiger charge is -2.21. The summed E-state index contributed by atoms with van der Waals surface area (Å²) in [6, 6.07) is 0. The van der Waals surface area contributed by atoms with E-state index in [1.54, 1.807) is 0 Å². The zero-order valence-electron chi connectivity index (χ0n) is 5.13. The second-order valence-corrected chi connectivity index (χ2v) is 4.38. The largest absolute Gasteiger partial charge is 0.474 e. The van der Waals surface area contributed by atoms with Crippen molar-refractivity contribution in [1.29, 1.82) is 0 Å². The number of nitrogens with one attached hydrogen (secondary N) is 1. The first kappa shape index (κ1) is 6.89. The average Bonchev–Trinajstić information content (AvgIpc) is 1.90. The first-order valence-electron chi connectivity index (χ1n) is 2.99. The number of carboxylic acid groups (broad SMARTS) is 1. The predicted octanol–water partition coefficient (Wildman–Crippen LogP) is 0.269. The van der Waals surface area contributed by atoms with Crippen LogP contribution in [0.25, 0.3) is 0 Å². The quantitative estimate of drug-likeness (QED) is 0.433. The van der Waals surface area contributed by atoms with E-state index >= 15 is 0 Å². The molecule has 1 heterocycles. The van der Waals surface area contributed by atoms with E-state index < -0.39 is 16.2 Å². The van der Waals surface area contributed by atoms with E-state index in [1.165, 1.54) is 0 Å². The fourth-order valence-corrected chi connectivity index (χ4v) is 2.32. The molecule has 4 heteroatoms. The van der Waals surface area contributed by atoms with Gasteiger partial charge in [0.15, 0.2) is 0 Å². The van der Waals surface area contributed by atoms with Crippen molar-refractivity contribution in [2.45, 2.75) is 0 Å². The van der Waals surface area contributed by atoms with Crippen LogP contribution >= 0.6 is 10.9 Å². The summed E-state index contributed by atoms with van der Waals surface area (Å²) in [5, 5.41) is 11.1. The second kappa shape index (κ2) is 3.08. The van der Waals surface area contributed by atoms with Crippen molar-refractivity contribution < 1.29 is 9.90 Å². The molecule has 0 bridgehead atoms. The molecule has 0 aromatic heterocycles. The zero-order chi connectivity index (χ0) is 6.69. The van der Waals surface area contributed by atoms with E-state index in [-0.39, 0.29) is 0 Å². The Morgan fingerprint density at radius 3 is 2.33 bits per heavy atom. The topological polar surface area (TPSA) is 49.3 Å². The average molecular weight is 149 g/mol. The van der Waals surface area contributed by atoms with Crippen molar-refractivity contribution in [2.24, 2.45) is 0 Å². The number of thiol groups is 1. The fraction of sp³-hybridized carbons (Fsp3) is 0.800. The SMILES string of the molecule is O=C(O)[SH]1CCNCC1. The van der Waals surface area contributed by atoms with Gasteiger partial charge in [0, 0.05) is 13.1 Å². The highest BCUT2D eigenvalue weighted by Gasteiger charge is 2.14. The van der Waals surface area contributed by atoms with E-state index in [4.69, 9.17) is 5.11 Å². The summed E-state index contributed by atoms with van der Waals surface area (Å²) in [4.78, 5) is 10.4. The molecule has 0 aromatic rings. The maximum atomic E-state index is 10.4. The van der Waals surface area contributed by atoms with E-state index in [0.29, 0.717) is 0 Å². The van der Waals surface area contributed by atoms with Gasteiger partial charge in [-0.15, -0.1) is 0 Å². The molecule has 1 rings (SSSR count). The summed E-state index contributed by atoms with van der Waals surface area (Å²) < 4.78 is 0. The molecule has 0 aliphatic carbocycles. The Morgan fingerprint density at radius 1 is 1.44 bits per heavy atom. The van der Waals surface area contributed by atoms with Crippen molar-refractivity contribution in [3.63, 3.8) is 0 Å². The second-order valence-electron chi connectivity index (χ2n) is 2.02. The minimum absolute atomic E-state index is 0.577. The van der Waals surface area contributed by atoms with Gasteiger partial charge >= 0.3 is 5.30 Å². The van der Waals surface area contributed by atoms with E-state index in [9.17, 15) is 4.79 Å². The van der Waals surface area contributed by atoms with Gasteiger partial charge < -0.3 is 10.4 Å². The molecule has 1 aliphatic rings. The minimum Gasteiger partial charge on any atom is -0.474 e. The maximum Gasteiger partial charge on any atom is 0.344 e. The van der Waals surface area contributed by atoms with Crippen LogP contribution in [0.2, 0.25) is 0 Å². The Balaban J connectivity index is 2.31. The molecule has 2 N–H and O–H groups in total.